The zero-order valence-corrected chi connectivity index (χ0v) is 22.0. The molecule has 0 bridgehead atoms. The van der Waals surface area contributed by atoms with Crippen molar-refractivity contribution in [2.45, 2.75) is 69.1 Å². The Bertz CT molecular complexity index is 1120. The Kier molecular flexibility index (Phi) is 7.64. The van der Waals surface area contributed by atoms with Gasteiger partial charge in [0.25, 0.3) is 0 Å². The zero-order chi connectivity index (χ0) is 27.9. The molecule has 214 valence electrons. The van der Waals surface area contributed by atoms with Crippen LogP contribution in [0.1, 0.15) is 42.5 Å². The summed E-state index contributed by atoms with van der Waals surface area (Å²) in [6, 6.07) is 0.671. The van der Waals surface area contributed by atoms with E-state index in [0.29, 0.717) is 56.7 Å². The van der Waals surface area contributed by atoms with Crippen molar-refractivity contribution in [3.63, 3.8) is 0 Å². The second-order valence-electron chi connectivity index (χ2n) is 11.1. The molecule has 1 aromatic heterocycles. The van der Waals surface area contributed by atoms with Crippen LogP contribution in [0.4, 0.5) is 18.0 Å². The van der Waals surface area contributed by atoms with Crippen molar-refractivity contribution in [3.8, 4) is 0 Å². The fourth-order valence-electron chi connectivity index (χ4n) is 7.17. The summed E-state index contributed by atoms with van der Waals surface area (Å²) in [5.41, 5.74) is -0.889. The van der Waals surface area contributed by atoms with Gasteiger partial charge in [0.05, 0.1) is 23.7 Å². The molecule has 3 aliphatic heterocycles. The first kappa shape index (κ1) is 27.9. The molecule has 12 heteroatoms. The third kappa shape index (κ3) is 5.14. The highest BCUT2D eigenvalue weighted by atomic mass is 19.4. The summed E-state index contributed by atoms with van der Waals surface area (Å²) < 4.78 is 51.2. The first-order valence-corrected chi connectivity index (χ1v) is 13.4. The minimum absolute atomic E-state index is 0.0164. The lowest BCUT2D eigenvalue weighted by Gasteiger charge is -2.37. The number of alkyl halides is 3. The summed E-state index contributed by atoms with van der Waals surface area (Å²) >= 11 is 0. The number of amides is 2. The maximum absolute atomic E-state index is 14.3. The van der Waals surface area contributed by atoms with Gasteiger partial charge in [-0.05, 0) is 43.2 Å². The largest absolute Gasteiger partial charge is 0.465 e. The van der Waals surface area contributed by atoms with Gasteiger partial charge < -0.3 is 29.7 Å². The van der Waals surface area contributed by atoms with Crippen LogP contribution >= 0.6 is 0 Å². The minimum Gasteiger partial charge on any atom is -0.465 e. The number of pyridine rings is 1. The van der Waals surface area contributed by atoms with Gasteiger partial charge in [-0.1, -0.05) is 6.08 Å². The van der Waals surface area contributed by atoms with Crippen molar-refractivity contribution in [3.05, 3.63) is 41.7 Å². The number of methoxy groups -OCH3 is 1. The van der Waals surface area contributed by atoms with Crippen molar-refractivity contribution >= 4 is 12.0 Å². The molecule has 1 unspecified atom stereocenters. The third-order valence-corrected chi connectivity index (χ3v) is 8.97. The van der Waals surface area contributed by atoms with Gasteiger partial charge in [-0.2, -0.15) is 13.2 Å². The Morgan fingerprint density at radius 2 is 2.21 bits per heavy atom. The molecule has 1 saturated carbocycles. The van der Waals surface area contributed by atoms with Gasteiger partial charge in [0.2, 0.25) is 5.91 Å². The molecule has 9 nitrogen and oxygen atoms in total. The van der Waals surface area contributed by atoms with Crippen LogP contribution in [0, 0.1) is 11.3 Å². The Balaban J connectivity index is 1.43. The first-order chi connectivity index (χ1) is 18.6. The van der Waals surface area contributed by atoms with Crippen molar-refractivity contribution in [1.29, 1.82) is 0 Å². The standard InChI is InChI=1S/C27H35F3N4O5/c1-3-4-22-19-10-18(32-21-6-8-39-14-23(21)38-2)11-26(19,15-34(22)25(36)37)24(35)33-7-5-20-16(13-33)9-17(12-31-20)27(28,29)30/h3,9,12,18-19,21-23,32H,1,4-8,10-11,13-15H2,2H3,(H,36,37)/t18-,19+,21+,22?,23-,26+/m1/s1. The molecule has 0 aromatic carbocycles. The highest BCUT2D eigenvalue weighted by Crippen LogP contribution is 2.54. The maximum Gasteiger partial charge on any atom is 0.417 e. The van der Waals surface area contributed by atoms with E-state index in [9.17, 15) is 27.9 Å². The lowest BCUT2D eigenvalue weighted by Crippen LogP contribution is -2.52. The summed E-state index contributed by atoms with van der Waals surface area (Å²) in [6.45, 7) is 5.28. The van der Waals surface area contributed by atoms with E-state index in [0.717, 1.165) is 18.7 Å². The number of hydrogen-bond donors (Lipinski definition) is 2. The number of ether oxygens (including phenoxy) is 2. The van der Waals surface area contributed by atoms with E-state index < -0.39 is 29.3 Å². The van der Waals surface area contributed by atoms with Crippen LogP contribution in [0.2, 0.25) is 0 Å². The molecule has 0 spiro atoms. The van der Waals surface area contributed by atoms with Crippen molar-refractivity contribution in [2.24, 2.45) is 11.3 Å². The van der Waals surface area contributed by atoms with Crippen LogP contribution in [-0.2, 0) is 33.4 Å². The zero-order valence-electron chi connectivity index (χ0n) is 22.0. The molecule has 2 amide bonds. The highest BCUT2D eigenvalue weighted by Gasteiger charge is 2.63. The van der Waals surface area contributed by atoms with E-state index in [1.165, 1.54) is 4.90 Å². The van der Waals surface area contributed by atoms with Crippen LogP contribution in [0.5, 0.6) is 0 Å². The van der Waals surface area contributed by atoms with Gasteiger partial charge in [-0.25, -0.2) is 4.79 Å². The van der Waals surface area contributed by atoms with Gasteiger partial charge in [0, 0.05) is 69.8 Å². The number of halogens is 3. The number of nitrogens with zero attached hydrogens (tertiary/aromatic N) is 3. The average molecular weight is 553 g/mol. The number of carbonyl (C=O) groups is 2. The third-order valence-electron chi connectivity index (χ3n) is 8.97. The van der Waals surface area contributed by atoms with E-state index in [-0.39, 0.29) is 43.1 Å². The first-order valence-electron chi connectivity index (χ1n) is 13.4. The monoisotopic (exact) mass is 552 g/mol. The fourth-order valence-corrected chi connectivity index (χ4v) is 7.17. The lowest BCUT2D eigenvalue weighted by atomic mass is 9.76. The molecule has 2 N–H and O–H groups in total. The number of aromatic nitrogens is 1. The van der Waals surface area contributed by atoms with E-state index in [1.807, 2.05) is 0 Å². The summed E-state index contributed by atoms with van der Waals surface area (Å²) in [5.74, 6) is -0.452. The minimum atomic E-state index is -4.53. The molecule has 3 fully saturated rings. The molecule has 1 aromatic rings. The Morgan fingerprint density at radius 1 is 1.41 bits per heavy atom. The Hall–Kier alpha value is -2.70. The summed E-state index contributed by atoms with van der Waals surface area (Å²) in [5, 5.41) is 13.7. The van der Waals surface area contributed by atoms with E-state index in [1.54, 1.807) is 18.1 Å². The van der Waals surface area contributed by atoms with E-state index in [4.69, 9.17) is 9.47 Å². The molecular formula is C27H35F3N4O5. The normalized spacial score (nSPS) is 32.6. The van der Waals surface area contributed by atoms with Gasteiger partial charge in [-0.3, -0.25) is 9.78 Å². The van der Waals surface area contributed by atoms with Crippen molar-refractivity contribution in [1.82, 2.24) is 20.1 Å². The number of hydrogen-bond acceptors (Lipinski definition) is 6. The van der Waals surface area contributed by atoms with Gasteiger partial charge in [-0.15, -0.1) is 6.58 Å². The Labute approximate surface area is 225 Å². The van der Waals surface area contributed by atoms with Gasteiger partial charge >= 0.3 is 12.3 Å². The number of carboxylic acid groups (broad SMARTS) is 1. The highest BCUT2D eigenvalue weighted by molar-refractivity contribution is 5.86. The van der Waals surface area contributed by atoms with Crippen LogP contribution in [-0.4, -0.2) is 89.5 Å². The van der Waals surface area contributed by atoms with Gasteiger partial charge in [0.1, 0.15) is 0 Å². The Morgan fingerprint density at radius 3 is 2.90 bits per heavy atom. The molecule has 1 aliphatic carbocycles. The predicted molar refractivity (Wildman–Crippen MR) is 134 cm³/mol. The number of rotatable bonds is 6. The van der Waals surface area contributed by atoms with Crippen LogP contribution in [0.3, 0.4) is 0 Å². The van der Waals surface area contributed by atoms with E-state index >= 15 is 0 Å². The van der Waals surface area contributed by atoms with E-state index in [2.05, 4.69) is 16.9 Å². The van der Waals surface area contributed by atoms with Crippen molar-refractivity contribution in [2.75, 3.05) is 33.4 Å². The van der Waals surface area contributed by atoms with Gasteiger partial charge in [0.15, 0.2) is 0 Å². The number of nitrogens with one attached hydrogen (secondary N) is 1. The van der Waals surface area contributed by atoms with Crippen LogP contribution in [0.15, 0.2) is 24.9 Å². The predicted octanol–water partition coefficient (Wildman–Crippen LogP) is 3.08. The second kappa shape index (κ2) is 10.7. The lowest BCUT2D eigenvalue weighted by molar-refractivity contribution is -0.144. The molecule has 5 rings (SSSR count). The molecular weight excluding hydrogens is 517 g/mol. The summed E-state index contributed by atoms with van der Waals surface area (Å²) in [6.07, 6.45) is -0.660. The SMILES string of the molecule is C=CCC1[C@@H]2C[C@@H](N[C@H]3CCOC[C@H]3OC)C[C@]2(C(=O)N2CCc3ncc(C(F)(F)F)cc3C2)CN1C(=O)O. The fraction of sp³-hybridized carbons (Fsp3) is 0.667. The molecule has 6 atom stereocenters. The summed E-state index contributed by atoms with van der Waals surface area (Å²) in [7, 11) is 1.64. The topological polar surface area (TPSA) is 104 Å². The van der Waals surface area contributed by atoms with Crippen molar-refractivity contribution < 1.29 is 37.3 Å². The quantitative estimate of drug-likeness (QED) is 0.523. The number of fused-ring (bicyclic) bond motifs is 2. The average Bonchev–Trinajstić information content (AvgIpc) is 3.42. The molecule has 4 heterocycles. The van der Waals surface area contributed by atoms with Crippen LogP contribution in [0.25, 0.3) is 0 Å². The number of likely N-dealkylation sites (tertiary alicyclic amines) is 1. The molecule has 39 heavy (non-hydrogen) atoms. The smallest absolute Gasteiger partial charge is 0.417 e. The molecule has 2 saturated heterocycles. The second-order valence-corrected chi connectivity index (χ2v) is 11.1. The molecule has 0 radical (unpaired) electrons. The summed E-state index contributed by atoms with van der Waals surface area (Å²) in [4.78, 5) is 33.6. The molecule has 4 aliphatic rings. The maximum atomic E-state index is 14.3. The van der Waals surface area contributed by atoms with Crippen LogP contribution < -0.4 is 5.32 Å². The number of carbonyl (C=O) groups excluding carboxylic acids is 1.